The summed E-state index contributed by atoms with van der Waals surface area (Å²) in [4.78, 5) is 31.4. The van der Waals surface area contributed by atoms with Gasteiger partial charge in [0.05, 0.1) is 11.2 Å². The standard InChI is InChI=1S/C38H32Br2N2O2/c39-33(43)22-37(28-15-7-5-13-26(28)35(41)30(37)20-24-10-2-1-3-11-24)18-19-38(23-34(40)44)29-16-8-6-14-27(29)36-31(38)21-25-12-4-9-17-32(25)42-36/h1-17,21,30,35H,18-20,22-23,41H2. The minimum atomic E-state index is -0.620. The van der Waals surface area contributed by atoms with Crippen LogP contribution in [0.5, 0.6) is 0 Å². The summed E-state index contributed by atoms with van der Waals surface area (Å²) < 4.78 is -0.0896. The molecule has 1 aromatic heterocycles. The second-order valence-corrected chi connectivity index (χ2v) is 14.1. The van der Waals surface area contributed by atoms with Crippen LogP contribution in [0.1, 0.15) is 59.5 Å². The first kappa shape index (κ1) is 29.3. The predicted molar refractivity (Wildman–Crippen MR) is 183 cm³/mol. The highest BCUT2D eigenvalue weighted by atomic mass is 79.9. The van der Waals surface area contributed by atoms with Gasteiger partial charge < -0.3 is 5.73 Å². The van der Waals surface area contributed by atoms with E-state index in [2.05, 4.69) is 105 Å². The molecule has 4 aromatic carbocycles. The monoisotopic (exact) mass is 706 g/mol. The number of pyridine rings is 1. The maximum atomic E-state index is 13.1. The van der Waals surface area contributed by atoms with Gasteiger partial charge in [-0.15, -0.1) is 0 Å². The first-order valence-corrected chi connectivity index (χ1v) is 16.7. The van der Waals surface area contributed by atoms with Crippen molar-refractivity contribution < 1.29 is 9.59 Å². The van der Waals surface area contributed by atoms with Crippen LogP contribution >= 0.6 is 31.9 Å². The molecule has 4 nitrogen and oxygen atoms in total. The first-order valence-electron chi connectivity index (χ1n) is 15.1. The fourth-order valence-electron chi connectivity index (χ4n) is 8.23. The van der Waals surface area contributed by atoms with Gasteiger partial charge in [0.1, 0.15) is 0 Å². The molecule has 0 amide bonds. The van der Waals surface area contributed by atoms with E-state index in [1.165, 1.54) is 5.56 Å². The Balaban J connectivity index is 1.41. The minimum absolute atomic E-state index is 0.00799. The molecule has 4 unspecified atom stereocenters. The molecule has 0 radical (unpaired) electrons. The normalized spacial score (nSPS) is 23.2. The van der Waals surface area contributed by atoms with Crippen LogP contribution < -0.4 is 5.73 Å². The number of nitrogens with two attached hydrogens (primary N) is 1. The molecular formula is C38H32Br2N2O2. The Bertz CT molecular complexity index is 1910. The predicted octanol–water partition coefficient (Wildman–Crippen LogP) is 8.72. The van der Waals surface area contributed by atoms with Crippen molar-refractivity contribution in [3.05, 3.63) is 137 Å². The zero-order valence-corrected chi connectivity index (χ0v) is 27.4. The van der Waals surface area contributed by atoms with Crippen LogP contribution in [-0.4, -0.2) is 14.4 Å². The van der Waals surface area contributed by atoms with E-state index in [0.29, 0.717) is 19.3 Å². The van der Waals surface area contributed by atoms with E-state index in [9.17, 15) is 9.59 Å². The first-order chi connectivity index (χ1) is 21.3. The van der Waals surface area contributed by atoms with E-state index in [-0.39, 0.29) is 27.8 Å². The average molecular weight is 708 g/mol. The lowest BCUT2D eigenvalue weighted by molar-refractivity contribution is -0.113. The van der Waals surface area contributed by atoms with Crippen molar-refractivity contribution in [3.63, 3.8) is 0 Å². The van der Waals surface area contributed by atoms with Gasteiger partial charge in [0.15, 0.2) is 9.39 Å². The van der Waals surface area contributed by atoms with Crippen molar-refractivity contribution in [2.75, 3.05) is 0 Å². The number of rotatable bonds is 9. The Labute approximate surface area is 274 Å². The molecule has 0 fully saturated rings. The molecule has 44 heavy (non-hydrogen) atoms. The number of carbonyl (C=O) groups is 2. The fraction of sp³-hybridized carbons (Fsp3) is 0.237. The smallest absolute Gasteiger partial charge is 0.199 e. The quantitative estimate of drug-likeness (QED) is 0.156. The summed E-state index contributed by atoms with van der Waals surface area (Å²) in [5, 5.41) is 1.05. The molecule has 0 bridgehead atoms. The van der Waals surface area contributed by atoms with Crippen LogP contribution in [-0.2, 0) is 26.8 Å². The van der Waals surface area contributed by atoms with Gasteiger partial charge in [-0.05, 0) is 97.0 Å². The molecule has 0 aliphatic heterocycles. The third-order valence-corrected chi connectivity index (χ3v) is 10.7. The maximum absolute atomic E-state index is 13.1. The van der Waals surface area contributed by atoms with Crippen LogP contribution in [0.15, 0.2) is 109 Å². The second kappa shape index (κ2) is 11.5. The lowest BCUT2D eigenvalue weighted by Crippen LogP contribution is -2.40. The largest absolute Gasteiger partial charge is 0.324 e. The van der Waals surface area contributed by atoms with Crippen LogP contribution in [0.4, 0.5) is 0 Å². The molecule has 220 valence electrons. The number of para-hydroxylation sites is 1. The maximum Gasteiger partial charge on any atom is 0.199 e. The fourth-order valence-corrected chi connectivity index (χ4v) is 9.21. The molecule has 2 aliphatic rings. The van der Waals surface area contributed by atoms with Crippen molar-refractivity contribution in [1.82, 2.24) is 4.98 Å². The summed E-state index contributed by atoms with van der Waals surface area (Å²) in [7, 11) is 0. The zero-order chi connectivity index (χ0) is 30.5. The minimum Gasteiger partial charge on any atom is -0.324 e. The van der Waals surface area contributed by atoms with Crippen LogP contribution in [0.25, 0.3) is 22.2 Å². The van der Waals surface area contributed by atoms with Crippen molar-refractivity contribution in [3.8, 4) is 11.3 Å². The van der Waals surface area contributed by atoms with Crippen LogP contribution in [0, 0.1) is 5.92 Å². The Morgan fingerprint density at radius 3 is 2.16 bits per heavy atom. The molecule has 4 atom stereocenters. The van der Waals surface area contributed by atoms with E-state index in [4.69, 9.17) is 10.7 Å². The van der Waals surface area contributed by atoms with E-state index >= 15 is 0 Å². The zero-order valence-electron chi connectivity index (χ0n) is 24.2. The van der Waals surface area contributed by atoms with Gasteiger partial charge in [-0.2, -0.15) is 0 Å². The van der Waals surface area contributed by atoms with Gasteiger partial charge in [-0.1, -0.05) is 97.1 Å². The molecule has 7 rings (SSSR count). The Kier molecular flexibility index (Phi) is 7.64. The van der Waals surface area contributed by atoms with Gasteiger partial charge in [0, 0.05) is 40.7 Å². The highest BCUT2D eigenvalue weighted by Crippen LogP contribution is 2.59. The Morgan fingerprint density at radius 1 is 0.727 bits per heavy atom. The molecule has 0 saturated carbocycles. The summed E-state index contributed by atoms with van der Waals surface area (Å²) in [5.74, 6) is -0.00799. The molecule has 2 aliphatic carbocycles. The van der Waals surface area contributed by atoms with E-state index < -0.39 is 10.8 Å². The molecule has 5 aromatic rings. The third kappa shape index (κ3) is 4.79. The molecular weight excluding hydrogens is 676 g/mol. The third-order valence-electron chi connectivity index (χ3n) is 10.1. The van der Waals surface area contributed by atoms with E-state index in [1.54, 1.807) is 0 Å². The van der Waals surface area contributed by atoms with Crippen molar-refractivity contribution >= 4 is 52.1 Å². The van der Waals surface area contributed by atoms with Gasteiger partial charge in [0.2, 0.25) is 0 Å². The van der Waals surface area contributed by atoms with Gasteiger partial charge >= 0.3 is 0 Å². The summed E-state index contributed by atoms with van der Waals surface area (Å²) in [6.45, 7) is 0. The van der Waals surface area contributed by atoms with Crippen molar-refractivity contribution in [1.29, 1.82) is 0 Å². The number of carbonyl (C=O) groups excluding carboxylic acids is 2. The highest BCUT2D eigenvalue weighted by Gasteiger charge is 2.54. The molecule has 1 heterocycles. The Hall–Kier alpha value is -3.45. The van der Waals surface area contributed by atoms with E-state index in [1.807, 2.05) is 36.4 Å². The van der Waals surface area contributed by atoms with Gasteiger partial charge in [0.25, 0.3) is 0 Å². The highest BCUT2D eigenvalue weighted by molar-refractivity contribution is 9.18. The number of halogens is 2. The summed E-state index contributed by atoms with van der Waals surface area (Å²) in [6.07, 6.45) is 2.68. The second-order valence-electron chi connectivity index (χ2n) is 12.3. The lowest BCUT2D eigenvalue weighted by atomic mass is 9.62. The van der Waals surface area contributed by atoms with Crippen LogP contribution in [0.2, 0.25) is 0 Å². The number of hydrogen-bond acceptors (Lipinski definition) is 4. The molecule has 0 saturated heterocycles. The van der Waals surface area contributed by atoms with Crippen LogP contribution in [0.3, 0.4) is 0 Å². The van der Waals surface area contributed by atoms with Gasteiger partial charge in [-0.3, -0.25) is 9.59 Å². The Morgan fingerprint density at radius 2 is 1.39 bits per heavy atom. The summed E-state index contributed by atoms with van der Waals surface area (Å²) in [5.41, 5.74) is 14.5. The lowest BCUT2D eigenvalue weighted by Gasteiger charge is -2.41. The number of nitrogens with zero attached hydrogens (tertiary/aromatic N) is 1. The van der Waals surface area contributed by atoms with Crippen molar-refractivity contribution in [2.45, 2.75) is 49.0 Å². The topological polar surface area (TPSA) is 73.1 Å². The summed E-state index contributed by atoms with van der Waals surface area (Å²) >= 11 is 6.67. The van der Waals surface area contributed by atoms with Crippen molar-refractivity contribution in [2.24, 2.45) is 11.7 Å². The van der Waals surface area contributed by atoms with Gasteiger partial charge in [-0.25, -0.2) is 4.98 Å². The molecule has 6 heteroatoms. The SMILES string of the molecule is NC1c2ccccc2C(CCC2(CC(=O)Br)c3ccccc3-c3nc4ccccc4cc32)(CC(=O)Br)C1Cc1ccccc1. The number of benzene rings is 4. The van der Waals surface area contributed by atoms with E-state index in [0.717, 1.165) is 50.8 Å². The molecule has 0 spiro atoms. The molecule has 2 N–H and O–H groups in total. The number of fused-ring (bicyclic) bond motifs is 5. The number of aromatic nitrogens is 1. The number of hydrogen-bond donors (Lipinski definition) is 1. The average Bonchev–Trinajstić information content (AvgIpc) is 3.41. The summed E-state index contributed by atoms with van der Waals surface area (Å²) in [6, 6.07) is 37.3.